The number of hydrogen-bond donors (Lipinski definition) is 1. The minimum Gasteiger partial charge on any atom is -0.348 e. The molecule has 1 aliphatic heterocycles. The van der Waals surface area contributed by atoms with Crippen molar-refractivity contribution in [1.29, 1.82) is 0 Å². The standard InChI is InChI=1S/C16H26N2O2/c19-15(16(20)18-12-6-1-2-7-13-18)17-11-10-14-8-4-3-5-9-14/h8H,1-7,9-13H2,(H,17,19). The Morgan fingerprint density at radius 3 is 2.45 bits per heavy atom. The molecule has 1 aliphatic carbocycles. The lowest BCUT2D eigenvalue weighted by Crippen LogP contribution is -2.43. The van der Waals surface area contributed by atoms with Crippen molar-refractivity contribution in [1.82, 2.24) is 10.2 Å². The lowest BCUT2D eigenvalue weighted by atomic mass is 9.97. The van der Waals surface area contributed by atoms with Crippen LogP contribution in [0.25, 0.3) is 0 Å². The van der Waals surface area contributed by atoms with Gasteiger partial charge in [-0.15, -0.1) is 0 Å². The second-order valence-corrected chi connectivity index (χ2v) is 5.82. The molecular formula is C16H26N2O2. The van der Waals surface area contributed by atoms with E-state index < -0.39 is 5.91 Å². The van der Waals surface area contributed by atoms with Crippen molar-refractivity contribution in [3.05, 3.63) is 11.6 Å². The van der Waals surface area contributed by atoms with E-state index in [9.17, 15) is 9.59 Å². The molecule has 1 fully saturated rings. The van der Waals surface area contributed by atoms with E-state index in [1.54, 1.807) is 4.90 Å². The molecule has 1 N–H and O–H groups in total. The van der Waals surface area contributed by atoms with Crippen molar-refractivity contribution in [2.75, 3.05) is 19.6 Å². The predicted molar refractivity (Wildman–Crippen MR) is 79.2 cm³/mol. The van der Waals surface area contributed by atoms with Gasteiger partial charge >= 0.3 is 11.8 Å². The van der Waals surface area contributed by atoms with Crippen LogP contribution in [0.15, 0.2) is 11.6 Å². The number of hydrogen-bond acceptors (Lipinski definition) is 2. The lowest BCUT2D eigenvalue weighted by Gasteiger charge is -2.19. The van der Waals surface area contributed by atoms with Gasteiger partial charge in [-0.1, -0.05) is 24.5 Å². The van der Waals surface area contributed by atoms with E-state index in [1.807, 2.05) is 0 Å². The highest BCUT2D eigenvalue weighted by Gasteiger charge is 2.22. The van der Waals surface area contributed by atoms with Gasteiger partial charge in [-0.05, 0) is 44.9 Å². The Morgan fingerprint density at radius 1 is 1.05 bits per heavy atom. The molecule has 4 heteroatoms. The molecule has 2 amide bonds. The normalized spacial score (nSPS) is 20.0. The molecular weight excluding hydrogens is 252 g/mol. The fourth-order valence-corrected chi connectivity index (χ4v) is 2.96. The zero-order valence-electron chi connectivity index (χ0n) is 12.3. The largest absolute Gasteiger partial charge is 0.348 e. The van der Waals surface area contributed by atoms with E-state index in [2.05, 4.69) is 11.4 Å². The first-order valence-corrected chi connectivity index (χ1v) is 8.02. The zero-order chi connectivity index (χ0) is 14.2. The van der Waals surface area contributed by atoms with Gasteiger partial charge in [0.05, 0.1) is 0 Å². The van der Waals surface area contributed by atoms with Gasteiger partial charge in [0, 0.05) is 19.6 Å². The highest BCUT2D eigenvalue weighted by atomic mass is 16.2. The van der Waals surface area contributed by atoms with Crippen LogP contribution in [0.4, 0.5) is 0 Å². The SMILES string of the molecule is O=C(NCCC1=CCCCC1)C(=O)N1CCCCCC1. The lowest BCUT2D eigenvalue weighted by molar-refractivity contribution is -0.145. The first-order chi connectivity index (χ1) is 9.77. The number of carbonyl (C=O) groups excluding carboxylic acids is 2. The van der Waals surface area contributed by atoms with Crippen LogP contribution in [-0.4, -0.2) is 36.3 Å². The second kappa shape index (κ2) is 8.08. The molecule has 0 saturated carbocycles. The minimum atomic E-state index is -0.427. The van der Waals surface area contributed by atoms with Crippen LogP contribution >= 0.6 is 0 Å². The smallest absolute Gasteiger partial charge is 0.311 e. The number of allylic oxidation sites excluding steroid dienone is 1. The highest BCUT2D eigenvalue weighted by molar-refractivity contribution is 6.35. The summed E-state index contributed by atoms with van der Waals surface area (Å²) in [7, 11) is 0. The van der Waals surface area contributed by atoms with Gasteiger partial charge in [-0.3, -0.25) is 9.59 Å². The molecule has 2 aliphatic rings. The van der Waals surface area contributed by atoms with Crippen molar-refractivity contribution in [2.24, 2.45) is 0 Å². The maximum Gasteiger partial charge on any atom is 0.311 e. The third kappa shape index (κ3) is 4.66. The van der Waals surface area contributed by atoms with Gasteiger partial charge in [0.15, 0.2) is 0 Å². The summed E-state index contributed by atoms with van der Waals surface area (Å²) in [6.07, 6.45) is 12.4. The van der Waals surface area contributed by atoms with Crippen LogP contribution in [0, 0.1) is 0 Å². The Hall–Kier alpha value is -1.32. The maximum absolute atomic E-state index is 12.0. The van der Waals surface area contributed by atoms with Gasteiger partial charge in [0.2, 0.25) is 0 Å². The van der Waals surface area contributed by atoms with E-state index in [0.717, 1.165) is 45.2 Å². The van der Waals surface area contributed by atoms with Gasteiger partial charge < -0.3 is 10.2 Å². The highest BCUT2D eigenvalue weighted by Crippen LogP contribution is 2.19. The fourth-order valence-electron chi connectivity index (χ4n) is 2.96. The minimum absolute atomic E-state index is 0.343. The Kier molecular flexibility index (Phi) is 6.09. The molecule has 1 saturated heterocycles. The van der Waals surface area contributed by atoms with Crippen molar-refractivity contribution in [3.63, 3.8) is 0 Å². The Bertz CT molecular complexity index is 369. The van der Waals surface area contributed by atoms with Crippen LogP contribution in [-0.2, 0) is 9.59 Å². The number of likely N-dealkylation sites (tertiary alicyclic amines) is 1. The first kappa shape index (κ1) is 15.1. The number of nitrogens with zero attached hydrogens (tertiary/aromatic N) is 1. The third-order valence-corrected chi connectivity index (χ3v) is 4.20. The van der Waals surface area contributed by atoms with Crippen LogP contribution < -0.4 is 5.32 Å². The van der Waals surface area contributed by atoms with E-state index in [0.29, 0.717) is 6.54 Å². The van der Waals surface area contributed by atoms with Gasteiger partial charge in [-0.2, -0.15) is 0 Å². The molecule has 0 radical (unpaired) electrons. The Labute approximate surface area is 121 Å². The van der Waals surface area contributed by atoms with Crippen molar-refractivity contribution in [2.45, 2.75) is 57.8 Å². The summed E-state index contributed by atoms with van der Waals surface area (Å²) >= 11 is 0. The second-order valence-electron chi connectivity index (χ2n) is 5.82. The molecule has 20 heavy (non-hydrogen) atoms. The molecule has 0 atom stereocenters. The molecule has 4 nitrogen and oxygen atoms in total. The van der Waals surface area contributed by atoms with Gasteiger partial charge in [0.1, 0.15) is 0 Å². The Balaban J connectivity index is 1.70. The topological polar surface area (TPSA) is 49.4 Å². The third-order valence-electron chi connectivity index (χ3n) is 4.20. The first-order valence-electron chi connectivity index (χ1n) is 8.02. The molecule has 0 bridgehead atoms. The summed E-state index contributed by atoms with van der Waals surface area (Å²) in [6, 6.07) is 0. The number of carbonyl (C=O) groups is 2. The molecule has 0 unspecified atom stereocenters. The van der Waals surface area contributed by atoms with Crippen LogP contribution in [0.1, 0.15) is 57.8 Å². The quantitative estimate of drug-likeness (QED) is 0.636. The number of rotatable bonds is 3. The molecule has 0 spiro atoms. The number of nitrogens with one attached hydrogen (secondary N) is 1. The van der Waals surface area contributed by atoms with Crippen LogP contribution in [0.3, 0.4) is 0 Å². The van der Waals surface area contributed by atoms with E-state index in [-0.39, 0.29) is 5.91 Å². The average Bonchev–Trinajstić information content (AvgIpc) is 2.76. The summed E-state index contributed by atoms with van der Waals surface area (Å²) in [6.45, 7) is 2.05. The number of amides is 2. The zero-order valence-corrected chi connectivity index (χ0v) is 12.3. The summed E-state index contributed by atoms with van der Waals surface area (Å²) < 4.78 is 0. The Morgan fingerprint density at radius 2 is 1.80 bits per heavy atom. The monoisotopic (exact) mass is 278 g/mol. The van der Waals surface area contributed by atoms with Gasteiger partial charge in [-0.25, -0.2) is 0 Å². The molecule has 0 aromatic heterocycles. The van der Waals surface area contributed by atoms with Crippen LogP contribution in [0.2, 0.25) is 0 Å². The van der Waals surface area contributed by atoms with E-state index in [4.69, 9.17) is 0 Å². The predicted octanol–water partition coefficient (Wildman–Crippen LogP) is 2.40. The summed E-state index contributed by atoms with van der Waals surface area (Å²) in [5, 5.41) is 2.78. The fraction of sp³-hybridized carbons (Fsp3) is 0.750. The average molecular weight is 278 g/mol. The van der Waals surface area contributed by atoms with E-state index in [1.165, 1.54) is 31.3 Å². The van der Waals surface area contributed by atoms with Crippen molar-refractivity contribution in [3.8, 4) is 0 Å². The molecule has 0 aromatic rings. The summed E-state index contributed by atoms with van der Waals surface area (Å²) in [5.41, 5.74) is 1.43. The van der Waals surface area contributed by atoms with E-state index >= 15 is 0 Å². The maximum atomic E-state index is 12.0. The van der Waals surface area contributed by atoms with Gasteiger partial charge in [0.25, 0.3) is 0 Å². The summed E-state index contributed by atoms with van der Waals surface area (Å²) in [4.78, 5) is 25.6. The molecule has 0 aromatic carbocycles. The summed E-state index contributed by atoms with van der Waals surface area (Å²) in [5.74, 6) is -0.771. The molecule has 2 rings (SSSR count). The molecule has 112 valence electrons. The van der Waals surface area contributed by atoms with Crippen molar-refractivity contribution < 1.29 is 9.59 Å². The van der Waals surface area contributed by atoms with Crippen LogP contribution in [0.5, 0.6) is 0 Å². The molecule has 1 heterocycles. The van der Waals surface area contributed by atoms with Crippen molar-refractivity contribution >= 4 is 11.8 Å².